The number of amides is 1. The van der Waals surface area contributed by atoms with Crippen LogP contribution in [0.2, 0.25) is 0 Å². The molecule has 1 saturated heterocycles. The van der Waals surface area contributed by atoms with Crippen LogP contribution >= 0.6 is 0 Å². The zero-order chi connectivity index (χ0) is 19.2. The van der Waals surface area contributed by atoms with E-state index in [1.807, 2.05) is 62.4 Å². The summed E-state index contributed by atoms with van der Waals surface area (Å²) in [6.45, 7) is 7.17. The van der Waals surface area contributed by atoms with Crippen LogP contribution in [0.25, 0.3) is 6.08 Å². The second-order valence-electron chi connectivity index (χ2n) is 6.63. The number of nitrogens with one attached hydrogen (secondary N) is 1. The molecule has 3 rings (SSSR count). The zero-order valence-corrected chi connectivity index (χ0v) is 15.7. The first-order chi connectivity index (χ1) is 13.1. The van der Waals surface area contributed by atoms with Gasteiger partial charge < -0.3 is 15.0 Å². The largest absolute Gasteiger partial charge is 0.378 e. The predicted octanol–water partition coefficient (Wildman–Crippen LogP) is 3.69. The smallest absolute Gasteiger partial charge is 0.266 e. The highest BCUT2D eigenvalue weighted by Gasteiger charge is 2.13. The molecule has 0 aliphatic carbocycles. The van der Waals surface area contributed by atoms with Gasteiger partial charge in [-0.2, -0.15) is 5.26 Å². The third-order valence-electron chi connectivity index (χ3n) is 4.59. The molecule has 1 aliphatic rings. The van der Waals surface area contributed by atoms with Gasteiger partial charge in [0.05, 0.1) is 13.2 Å². The number of rotatable bonds is 4. The van der Waals surface area contributed by atoms with Crippen LogP contribution in [0.15, 0.2) is 48.0 Å². The summed E-state index contributed by atoms with van der Waals surface area (Å²) < 4.78 is 5.36. The normalized spacial score (nSPS) is 14.6. The van der Waals surface area contributed by atoms with Crippen LogP contribution in [0.4, 0.5) is 11.4 Å². The van der Waals surface area contributed by atoms with E-state index in [0.29, 0.717) is 5.69 Å². The molecule has 0 spiro atoms. The Morgan fingerprint density at radius 3 is 2.48 bits per heavy atom. The third kappa shape index (κ3) is 4.75. The summed E-state index contributed by atoms with van der Waals surface area (Å²) in [5.74, 6) is -0.406. The Bertz CT molecular complexity index is 889. The van der Waals surface area contributed by atoms with Crippen molar-refractivity contribution in [3.05, 3.63) is 64.7 Å². The second kappa shape index (κ2) is 8.52. The Kier molecular flexibility index (Phi) is 5.90. The van der Waals surface area contributed by atoms with Gasteiger partial charge in [0.25, 0.3) is 5.91 Å². The number of carbonyl (C=O) groups excluding carboxylic acids is 1. The van der Waals surface area contributed by atoms with Gasteiger partial charge in [-0.3, -0.25) is 4.79 Å². The number of anilines is 2. The van der Waals surface area contributed by atoms with Crippen LogP contribution in [-0.4, -0.2) is 32.2 Å². The van der Waals surface area contributed by atoms with Crippen molar-refractivity contribution < 1.29 is 9.53 Å². The summed E-state index contributed by atoms with van der Waals surface area (Å²) >= 11 is 0. The van der Waals surface area contributed by atoms with Crippen molar-refractivity contribution in [1.82, 2.24) is 0 Å². The maximum atomic E-state index is 12.5. The standard InChI is InChI=1S/C22H23N3O2/c1-16-3-4-18(17(2)13-16)14-19(15-23)22(26)24-20-5-7-21(8-6-20)25-9-11-27-12-10-25/h3-8,13-14H,9-12H2,1-2H3,(H,24,26)/b19-14+. The molecule has 0 radical (unpaired) electrons. The molecule has 138 valence electrons. The number of carbonyl (C=O) groups is 1. The van der Waals surface area contributed by atoms with E-state index in [2.05, 4.69) is 10.2 Å². The monoisotopic (exact) mass is 361 g/mol. The van der Waals surface area contributed by atoms with Gasteiger partial charge in [-0.15, -0.1) is 0 Å². The Morgan fingerprint density at radius 2 is 1.85 bits per heavy atom. The highest BCUT2D eigenvalue weighted by atomic mass is 16.5. The molecule has 0 aromatic heterocycles. The van der Waals surface area contributed by atoms with Gasteiger partial charge >= 0.3 is 0 Å². The SMILES string of the molecule is Cc1ccc(/C=C(\C#N)C(=O)Nc2ccc(N3CCOCC3)cc2)c(C)c1. The van der Waals surface area contributed by atoms with Crippen molar-refractivity contribution in [2.24, 2.45) is 0 Å². The maximum Gasteiger partial charge on any atom is 0.266 e. The van der Waals surface area contributed by atoms with Crippen LogP contribution < -0.4 is 10.2 Å². The van der Waals surface area contributed by atoms with Crippen molar-refractivity contribution in [2.45, 2.75) is 13.8 Å². The van der Waals surface area contributed by atoms with E-state index in [-0.39, 0.29) is 5.57 Å². The van der Waals surface area contributed by atoms with Crippen molar-refractivity contribution in [2.75, 3.05) is 36.5 Å². The Balaban J connectivity index is 1.71. The van der Waals surface area contributed by atoms with Gasteiger partial charge in [0, 0.05) is 24.5 Å². The average Bonchev–Trinajstić information content (AvgIpc) is 2.68. The van der Waals surface area contributed by atoms with E-state index in [1.165, 1.54) is 0 Å². The molecule has 0 bridgehead atoms. The van der Waals surface area contributed by atoms with Gasteiger partial charge in [-0.05, 0) is 55.3 Å². The highest BCUT2D eigenvalue weighted by molar-refractivity contribution is 6.09. The first-order valence-electron chi connectivity index (χ1n) is 9.00. The number of hydrogen-bond acceptors (Lipinski definition) is 4. The molecule has 0 saturated carbocycles. The lowest BCUT2D eigenvalue weighted by Crippen LogP contribution is -2.36. The van der Waals surface area contributed by atoms with Crippen LogP contribution in [-0.2, 0) is 9.53 Å². The Morgan fingerprint density at radius 1 is 1.15 bits per heavy atom. The maximum absolute atomic E-state index is 12.5. The fraction of sp³-hybridized carbons (Fsp3) is 0.273. The van der Waals surface area contributed by atoms with E-state index in [9.17, 15) is 10.1 Å². The molecule has 1 amide bonds. The number of hydrogen-bond donors (Lipinski definition) is 1. The molecule has 5 heteroatoms. The zero-order valence-electron chi connectivity index (χ0n) is 15.7. The van der Waals surface area contributed by atoms with Gasteiger partial charge in [0.15, 0.2) is 0 Å². The second-order valence-corrected chi connectivity index (χ2v) is 6.63. The molecule has 0 atom stereocenters. The van der Waals surface area contributed by atoms with E-state index < -0.39 is 5.91 Å². The molecule has 5 nitrogen and oxygen atoms in total. The van der Waals surface area contributed by atoms with Crippen LogP contribution in [0.5, 0.6) is 0 Å². The van der Waals surface area contributed by atoms with Crippen molar-refractivity contribution in [3.8, 4) is 6.07 Å². The minimum absolute atomic E-state index is 0.0826. The van der Waals surface area contributed by atoms with Crippen LogP contribution in [0.1, 0.15) is 16.7 Å². The van der Waals surface area contributed by atoms with Crippen molar-refractivity contribution >= 4 is 23.4 Å². The Hall–Kier alpha value is -3.10. The lowest BCUT2D eigenvalue weighted by Gasteiger charge is -2.28. The van der Waals surface area contributed by atoms with Crippen LogP contribution in [0, 0.1) is 25.2 Å². The molecule has 1 N–H and O–H groups in total. The molecule has 2 aromatic carbocycles. The topological polar surface area (TPSA) is 65.4 Å². The van der Waals surface area contributed by atoms with E-state index in [4.69, 9.17) is 4.74 Å². The van der Waals surface area contributed by atoms with Crippen molar-refractivity contribution in [3.63, 3.8) is 0 Å². The minimum Gasteiger partial charge on any atom is -0.378 e. The summed E-state index contributed by atoms with van der Waals surface area (Å²) in [6, 6.07) is 15.6. The lowest BCUT2D eigenvalue weighted by molar-refractivity contribution is -0.112. The molecule has 2 aromatic rings. The summed E-state index contributed by atoms with van der Waals surface area (Å²) in [5, 5.41) is 12.2. The Labute approximate surface area is 159 Å². The first-order valence-corrected chi connectivity index (χ1v) is 9.00. The quantitative estimate of drug-likeness (QED) is 0.666. The number of nitrogens with zero attached hydrogens (tertiary/aromatic N) is 2. The summed E-state index contributed by atoms with van der Waals surface area (Å²) in [4.78, 5) is 14.7. The molecule has 1 aliphatic heterocycles. The van der Waals surface area contributed by atoms with Gasteiger partial charge in [0.2, 0.25) is 0 Å². The third-order valence-corrected chi connectivity index (χ3v) is 4.59. The number of benzene rings is 2. The summed E-state index contributed by atoms with van der Waals surface area (Å²) in [6.07, 6.45) is 1.63. The summed E-state index contributed by atoms with van der Waals surface area (Å²) in [5.41, 5.74) is 4.90. The average molecular weight is 361 g/mol. The number of morpholine rings is 1. The van der Waals surface area contributed by atoms with E-state index >= 15 is 0 Å². The van der Waals surface area contributed by atoms with E-state index in [1.54, 1.807) is 6.08 Å². The number of ether oxygens (including phenoxy) is 1. The first kappa shape index (κ1) is 18.7. The van der Waals surface area contributed by atoms with Crippen molar-refractivity contribution in [1.29, 1.82) is 5.26 Å². The summed E-state index contributed by atoms with van der Waals surface area (Å²) in [7, 11) is 0. The highest BCUT2D eigenvalue weighted by Crippen LogP contribution is 2.20. The fourth-order valence-electron chi connectivity index (χ4n) is 3.07. The molecule has 1 heterocycles. The molecular formula is C22H23N3O2. The van der Waals surface area contributed by atoms with Gasteiger partial charge in [-0.1, -0.05) is 23.8 Å². The lowest BCUT2D eigenvalue weighted by atomic mass is 10.0. The molecule has 27 heavy (non-hydrogen) atoms. The van der Waals surface area contributed by atoms with E-state index in [0.717, 1.165) is 48.7 Å². The van der Waals surface area contributed by atoms with Gasteiger partial charge in [0.1, 0.15) is 11.6 Å². The van der Waals surface area contributed by atoms with Crippen LogP contribution in [0.3, 0.4) is 0 Å². The fourth-order valence-corrected chi connectivity index (χ4v) is 3.07. The molecular weight excluding hydrogens is 338 g/mol. The molecule has 0 unspecified atom stereocenters. The predicted molar refractivity (Wildman–Crippen MR) is 108 cm³/mol. The number of aryl methyl sites for hydroxylation is 2. The molecule has 1 fully saturated rings. The number of nitriles is 1. The van der Waals surface area contributed by atoms with Gasteiger partial charge in [-0.25, -0.2) is 0 Å². The minimum atomic E-state index is -0.406.